The lowest BCUT2D eigenvalue weighted by atomic mass is 10.4. The standard InChI is InChI=1S/C9H16N2/c1-6-8(2)10-9(3)7-11(4)5/h6-7H,1H2,2-5H3/b9-7-,10-8-. The van der Waals surface area contributed by atoms with E-state index < -0.39 is 0 Å². The zero-order valence-electron chi connectivity index (χ0n) is 7.76. The average molecular weight is 152 g/mol. The van der Waals surface area contributed by atoms with Crippen LogP contribution in [0.2, 0.25) is 0 Å². The van der Waals surface area contributed by atoms with E-state index in [0.717, 1.165) is 11.4 Å². The highest BCUT2D eigenvalue weighted by molar-refractivity contribution is 5.92. The summed E-state index contributed by atoms with van der Waals surface area (Å²) in [6, 6.07) is 0. The summed E-state index contributed by atoms with van der Waals surface area (Å²) in [5, 5.41) is 0. The van der Waals surface area contributed by atoms with Gasteiger partial charge in [0.1, 0.15) is 0 Å². The summed E-state index contributed by atoms with van der Waals surface area (Å²) in [6.45, 7) is 7.52. The molecule has 0 radical (unpaired) electrons. The van der Waals surface area contributed by atoms with Crippen LogP contribution in [0.1, 0.15) is 13.8 Å². The van der Waals surface area contributed by atoms with Gasteiger partial charge in [0, 0.05) is 26.0 Å². The van der Waals surface area contributed by atoms with Gasteiger partial charge in [0.25, 0.3) is 0 Å². The van der Waals surface area contributed by atoms with E-state index >= 15 is 0 Å². The number of allylic oxidation sites excluding steroid dienone is 2. The summed E-state index contributed by atoms with van der Waals surface area (Å²) in [6.07, 6.45) is 3.71. The van der Waals surface area contributed by atoms with Gasteiger partial charge in [-0.05, 0) is 19.9 Å². The fourth-order valence-corrected chi connectivity index (χ4v) is 0.726. The summed E-state index contributed by atoms with van der Waals surface area (Å²) < 4.78 is 0. The molecule has 0 unspecified atom stereocenters. The lowest BCUT2D eigenvalue weighted by molar-refractivity contribution is 0.557. The molecule has 2 heteroatoms. The van der Waals surface area contributed by atoms with Gasteiger partial charge in [-0.25, -0.2) is 0 Å². The number of nitrogens with zero attached hydrogens (tertiary/aromatic N) is 2. The number of hydrogen-bond acceptors (Lipinski definition) is 2. The molecule has 0 aromatic carbocycles. The van der Waals surface area contributed by atoms with Crippen LogP contribution < -0.4 is 0 Å². The van der Waals surface area contributed by atoms with Crippen molar-refractivity contribution in [2.75, 3.05) is 14.1 Å². The van der Waals surface area contributed by atoms with Gasteiger partial charge in [0.05, 0.1) is 5.70 Å². The lowest BCUT2D eigenvalue weighted by Gasteiger charge is -2.04. The molecule has 0 saturated carbocycles. The van der Waals surface area contributed by atoms with Crippen molar-refractivity contribution >= 4 is 5.71 Å². The Labute approximate surface area is 68.9 Å². The molecule has 0 aliphatic heterocycles. The molecule has 0 rings (SSSR count). The molecule has 0 fully saturated rings. The smallest absolute Gasteiger partial charge is 0.0533 e. The summed E-state index contributed by atoms with van der Waals surface area (Å²) in [5.41, 5.74) is 1.94. The third-order valence-electron chi connectivity index (χ3n) is 1.09. The number of aliphatic imine (C=N–C) groups is 1. The van der Waals surface area contributed by atoms with E-state index in [9.17, 15) is 0 Å². The highest BCUT2D eigenvalue weighted by Crippen LogP contribution is 1.96. The quantitative estimate of drug-likeness (QED) is 0.565. The molecule has 62 valence electrons. The molecule has 0 aromatic heterocycles. The molecule has 2 nitrogen and oxygen atoms in total. The topological polar surface area (TPSA) is 15.6 Å². The van der Waals surface area contributed by atoms with E-state index in [1.54, 1.807) is 6.08 Å². The Kier molecular flexibility index (Phi) is 4.27. The predicted molar refractivity (Wildman–Crippen MR) is 50.8 cm³/mol. The van der Waals surface area contributed by atoms with Crippen molar-refractivity contribution in [1.29, 1.82) is 0 Å². The average Bonchev–Trinajstić information content (AvgIpc) is 1.85. The van der Waals surface area contributed by atoms with Gasteiger partial charge in [-0.2, -0.15) is 0 Å². The van der Waals surface area contributed by atoms with Crippen LogP contribution in [0.25, 0.3) is 0 Å². The van der Waals surface area contributed by atoms with Crippen LogP contribution in [0, 0.1) is 0 Å². The predicted octanol–water partition coefficient (Wildman–Crippen LogP) is 2.06. The summed E-state index contributed by atoms with van der Waals surface area (Å²) >= 11 is 0. The monoisotopic (exact) mass is 152 g/mol. The normalized spacial score (nSPS) is 13.1. The van der Waals surface area contributed by atoms with E-state index in [1.807, 2.05) is 39.0 Å². The Hall–Kier alpha value is -1.05. The van der Waals surface area contributed by atoms with Crippen molar-refractivity contribution in [2.24, 2.45) is 4.99 Å². The van der Waals surface area contributed by atoms with Crippen LogP contribution in [0.3, 0.4) is 0 Å². The Balaban J connectivity index is 4.26. The second kappa shape index (κ2) is 4.72. The van der Waals surface area contributed by atoms with Crippen LogP contribution in [0.5, 0.6) is 0 Å². The Bertz CT molecular complexity index is 188. The van der Waals surface area contributed by atoms with Gasteiger partial charge in [0.15, 0.2) is 0 Å². The number of rotatable bonds is 3. The molecule has 0 aliphatic carbocycles. The van der Waals surface area contributed by atoms with Crippen LogP contribution in [0.4, 0.5) is 0 Å². The first-order chi connectivity index (χ1) is 5.06. The molecule has 0 aliphatic rings. The van der Waals surface area contributed by atoms with Crippen molar-refractivity contribution in [3.8, 4) is 0 Å². The van der Waals surface area contributed by atoms with E-state index in [4.69, 9.17) is 0 Å². The minimum absolute atomic E-state index is 0.945. The van der Waals surface area contributed by atoms with Gasteiger partial charge >= 0.3 is 0 Å². The number of hydrogen-bond donors (Lipinski definition) is 0. The highest BCUT2D eigenvalue weighted by atomic mass is 15.0. The highest BCUT2D eigenvalue weighted by Gasteiger charge is 1.86. The second-order valence-corrected chi connectivity index (χ2v) is 2.69. The molecule has 0 saturated heterocycles. The van der Waals surface area contributed by atoms with Gasteiger partial charge in [0.2, 0.25) is 0 Å². The van der Waals surface area contributed by atoms with E-state index in [-0.39, 0.29) is 0 Å². The Morgan fingerprint density at radius 2 is 1.91 bits per heavy atom. The van der Waals surface area contributed by atoms with Crippen molar-refractivity contribution in [2.45, 2.75) is 13.8 Å². The molecular formula is C9H16N2. The molecule has 0 atom stereocenters. The van der Waals surface area contributed by atoms with Crippen LogP contribution in [-0.2, 0) is 0 Å². The maximum Gasteiger partial charge on any atom is 0.0533 e. The van der Waals surface area contributed by atoms with Crippen molar-refractivity contribution in [1.82, 2.24) is 4.90 Å². The van der Waals surface area contributed by atoms with Crippen LogP contribution in [-0.4, -0.2) is 24.7 Å². The molecule has 0 aromatic rings. The molecular weight excluding hydrogens is 136 g/mol. The van der Waals surface area contributed by atoms with Gasteiger partial charge in [-0.15, -0.1) is 0 Å². The largest absolute Gasteiger partial charge is 0.382 e. The second-order valence-electron chi connectivity index (χ2n) is 2.69. The zero-order valence-corrected chi connectivity index (χ0v) is 7.76. The van der Waals surface area contributed by atoms with Crippen LogP contribution in [0.15, 0.2) is 29.5 Å². The SMILES string of the molecule is C=C/C(C)=N\C(C)=C/N(C)C. The summed E-state index contributed by atoms with van der Waals surface area (Å²) in [4.78, 5) is 6.22. The third kappa shape index (κ3) is 5.40. The Morgan fingerprint density at radius 3 is 2.27 bits per heavy atom. The Morgan fingerprint density at radius 1 is 1.36 bits per heavy atom. The minimum atomic E-state index is 0.945. The maximum atomic E-state index is 4.25. The first kappa shape index (κ1) is 9.95. The van der Waals surface area contributed by atoms with Crippen molar-refractivity contribution in [3.63, 3.8) is 0 Å². The molecule has 0 amide bonds. The van der Waals surface area contributed by atoms with Crippen LogP contribution >= 0.6 is 0 Å². The fourth-order valence-electron chi connectivity index (χ4n) is 0.726. The maximum absolute atomic E-state index is 4.25. The van der Waals surface area contributed by atoms with Crippen molar-refractivity contribution < 1.29 is 0 Å². The van der Waals surface area contributed by atoms with E-state index in [0.29, 0.717) is 0 Å². The van der Waals surface area contributed by atoms with Crippen molar-refractivity contribution in [3.05, 3.63) is 24.6 Å². The fraction of sp³-hybridized carbons (Fsp3) is 0.444. The van der Waals surface area contributed by atoms with E-state index in [1.165, 1.54) is 0 Å². The molecule has 0 heterocycles. The zero-order chi connectivity index (χ0) is 8.85. The third-order valence-corrected chi connectivity index (χ3v) is 1.09. The molecule has 0 spiro atoms. The lowest BCUT2D eigenvalue weighted by Crippen LogP contribution is -2.01. The summed E-state index contributed by atoms with van der Waals surface area (Å²) in [5.74, 6) is 0. The first-order valence-corrected chi connectivity index (χ1v) is 3.59. The first-order valence-electron chi connectivity index (χ1n) is 3.59. The molecule has 11 heavy (non-hydrogen) atoms. The molecule has 0 N–H and O–H groups in total. The van der Waals surface area contributed by atoms with E-state index in [2.05, 4.69) is 11.6 Å². The molecule has 0 bridgehead atoms. The van der Waals surface area contributed by atoms with Gasteiger partial charge < -0.3 is 4.90 Å². The minimum Gasteiger partial charge on any atom is -0.382 e. The summed E-state index contributed by atoms with van der Waals surface area (Å²) in [7, 11) is 3.95. The van der Waals surface area contributed by atoms with Gasteiger partial charge in [-0.3, -0.25) is 4.99 Å². The van der Waals surface area contributed by atoms with Gasteiger partial charge in [-0.1, -0.05) is 6.58 Å².